The van der Waals surface area contributed by atoms with Gasteiger partial charge in [-0.3, -0.25) is 4.79 Å². The van der Waals surface area contributed by atoms with Crippen LogP contribution in [0.5, 0.6) is 0 Å². The zero-order valence-corrected chi connectivity index (χ0v) is 10.6. The fraction of sp³-hybridized carbons (Fsp3) is 0.818. The van der Waals surface area contributed by atoms with Crippen LogP contribution in [0, 0.1) is 5.92 Å². The maximum atomic E-state index is 12.0. The van der Waals surface area contributed by atoms with Gasteiger partial charge in [0, 0.05) is 11.7 Å². The molecule has 4 nitrogen and oxygen atoms in total. The molecular weight excluding hydrogens is 226 g/mol. The first-order valence-corrected chi connectivity index (χ1v) is 6.84. The SMILES string of the molecule is CCCCC(C)C(=O)N1CSC[C@H]1C(=O)O. The first kappa shape index (κ1) is 13.4. The van der Waals surface area contributed by atoms with Crippen LogP contribution in [0.15, 0.2) is 0 Å². The Hall–Kier alpha value is -0.710. The van der Waals surface area contributed by atoms with Crippen molar-refractivity contribution < 1.29 is 14.7 Å². The zero-order chi connectivity index (χ0) is 12.1. The molecule has 5 heteroatoms. The molecule has 1 saturated heterocycles. The Labute approximate surface area is 100 Å². The molecule has 2 atom stereocenters. The molecule has 0 saturated carbocycles. The molecule has 0 radical (unpaired) electrons. The number of carboxylic acid groups (broad SMARTS) is 1. The summed E-state index contributed by atoms with van der Waals surface area (Å²) in [6.07, 6.45) is 2.93. The van der Waals surface area contributed by atoms with E-state index in [1.54, 1.807) is 0 Å². The molecule has 1 rings (SSSR count). The summed E-state index contributed by atoms with van der Waals surface area (Å²) in [4.78, 5) is 24.5. The van der Waals surface area contributed by atoms with Crippen LogP contribution in [0.1, 0.15) is 33.1 Å². The van der Waals surface area contributed by atoms with Crippen LogP contribution >= 0.6 is 11.8 Å². The van der Waals surface area contributed by atoms with Crippen molar-refractivity contribution in [3.8, 4) is 0 Å². The quantitative estimate of drug-likeness (QED) is 0.802. The molecule has 1 N–H and O–H groups in total. The Morgan fingerprint density at radius 1 is 1.56 bits per heavy atom. The Bertz CT molecular complexity index is 270. The van der Waals surface area contributed by atoms with E-state index >= 15 is 0 Å². The average molecular weight is 245 g/mol. The number of aliphatic carboxylic acids is 1. The topological polar surface area (TPSA) is 57.6 Å². The minimum absolute atomic E-state index is 0.00847. The van der Waals surface area contributed by atoms with Crippen molar-refractivity contribution in [1.82, 2.24) is 4.90 Å². The number of thioether (sulfide) groups is 1. The van der Waals surface area contributed by atoms with Crippen molar-refractivity contribution in [2.24, 2.45) is 5.92 Å². The highest BCUT2D eigenvalue weighted by Crippen LogP contribution is 2.24. The molecule has 1 unspecified atom stereocenters. The standard InChI is InChI=1S/C11H19NO3S/c1-3-4-5-8(2)10(13)12-7-16-6-9(12)11(14)15/h8-9H,3-7H2,1-2H3,(H,14,15)/t8?,9-/m0/s1. The molecule has 0 aliphatic carbocycles. The Balaban J connectivity index is 2.55. The Kier molecular flexibility index (Phi) is 5.12. The lowest BCUT2D eigenvalue weighted by molar-refractivity contribution is -0.149. The fourth-order valence-electron chi connectivity index (χ4n) is 1.78. The second-order valence-corrected chi connectivity index (χ2v) is 5.21. The van der Waals surface area contributed by atoms with Gasteiger partial charge >= 0.3 is 5.97 Å². The van der Waals surface area contributed by atoms with Crippen LogP contribution in [-0.4, -0.2) is 39.6 Å². The number of carbonyl (C=O) groups is 2. The number of nitrogens with zero attached hydrogens (tertiary/aromatic N) is 1. The van der Waals surface area contributed by atoms with Gasteiger partial charge < -0.3 is 10.0 Å². The smallest absolute Gasteiger partial charge is 0.327 e. The van der Waals surface area contributed by atoms with Gasteiger partial charge in [-0.2, -0.15) is 0 Å². The van der Waals surface area contributed by atoms with Gasteiger partial charge in [-0.1, -0.05) is 26.7 Å². The van der Waals surface area contributed by atoms with Crippen LogP contribution < -0.4 is 0 Å². The average Bonchev–Trinajstić information content (AvgIpc) is 2.73. The van der Waals surface area contributed by atoms with Crippen LogP contribution in [0.25, 0.3) is 0 Å². The summed E-state index contributed by atoms with van der Waals surface area (Å²) in [5.74, 6) is 0.0841. The van der Waals surface area contributed by atoms with Crippen molar-refractivity contribution in [3.63, 3.8) is 0 Å². The van der Waals surface area contributed by atoms with E-state index in [1.807, 2.05) is 6.92 Å². The predicted molar refractivity (Wildman–Crippen MR) is 64.3 cm³/mol. The third-order valence-electron chi connectivity index (χ3n) is 2.86. The highest BCUT2D eigenvalue weighted by Gasteiger charge is 2.35. The molecule has 1 heterocycles. The van der Waals surface area contributed by atoms with E-state index in [-0.39, 0.29) is 11.8 Å². The predicted octanol–water partition coefficient (Wildman–Crippen LogP) is 1.80. The molecule has 1 aliphatic rings. The maximum Gasteiger partial charge on any atom is 0.327 e. The van der Waals surface area contributed by atoms with Crippen molar-refractivity contribution in [2.75, 3.05) is 11.6 Å². The van der Waals surface area contributed by atoms with Gasteiger partial charge in [-0.25, -0.2) is 4.79 Å². The van der Waals surface area contributed by atoms with Gasteiger partial charge in [0.05, 0.1) is 5.88 Å². The first-order chi connectivity index (χ1) is 7.57. The number of hydrogen-bond acceptors (Lipinski definition) is 3. The molecule has 0 bridgehead atoms. The lowest BCUT2D eigenvalue weighted by Gasteiger charge is -2.23. The van der Waals surface area contributed by atoms with Gasteiger partial charge in [-0.15, -0.1) is 11.8 Å². The van der Waals surface area contributed by atoms with E-state index in [9.17, 15) is 9.59 Å². The highest BCUT2D eigenvalue weighted by atomic mass is 32.2. The molecule has 92 valence electrons. The number of carbonyl (C=O) groups excluding carboxylic acids is 1. The van der Waals surface area contributed by atoms with Crippen LogP contribution in [0.2, 0.25) is 0 Å². The summed E-state index contributed by atoms with van der Waals surface area (Å²) in [6, 6.07) is -0.624. The number of unbranched alkanes of at least 4 members (excludes halogenated alkanes) is 1. The third-order valence-corrected chi connectivity index (χ3v) is 3.87. The normalized spacial score (nSPS) is 22.1. The summed E-state index contributed by atoms with van der Waals surface area (Å²) in [5, 5.41) is 8.98. The van der Waals surface area contributed by atoms with Crippen molar-refractivity contribution >= 4 is 23.6 Å². The van der Waals surface area contributed by atoms with E-state index in [2.05, 4.69) is 6.92 Å². The van der Waals surface area contributed by atoms with E-state index in [1.165, 1.54) is 16.7 Å². The summed E-state index contributed by atoms with van der Waals surface area (Å²) in [5.41, 5.74) is 0. The van der Waals surface area contributed by atoms with Gasteiger partial charge in [0.25, 0.3) is 0 Å². The summed E-state index contributed by atoms with van der Waals surface area (Å²) in [7, 11) is 0. The number of amides is 1. The van der Waals surface area contributed by atoms with Crippen molar-refractivity contribution in [2.45, 2.75) is 39.2 Å². The minimum Gasteiger partial charge on any atom is -0.480 e. The van der Waals surface area contributed by atoms with E-state index in [0.29, 0.717) is 11.6 Å². The monoisotopic (exact) mass is 245 g/mol. The van der Waals surface area contributed by atoms with Gasteiger partial charge in [0.15, 0.2) is 0 Å². The molecule has 0 aromatic heterocycles. The second-order valence-electron chi connectivity index (χ2n) is 4.21. The molecule has 1 fully saturated rings. The van der Waals surface area contributed by atoms with Crippen molar-refractivity contribution in [1.29, 1.82) is 0 Å². The van der Waals surface area contributed by atoms with Crippen molar-refractivity contribution in [3.05, 3.63) is 0 Å². The maximum absolute atomic E-state index is 12.0. The summed E-state index contributed by atoms with van der Waals surface area (Å²) >= 11 is 1.51. The summed E-state index contributed by atoms with van der Waals surface area (Å²) < 4.78 is 0. The molecule has 0 aromatic rings. The van der Waals surface area contributed by atoms with E-state index < -0.39 is 12.0 Å². The highest BCUT2D eigenvalue weighted by molar-refractivity contribution is 7.99. The van der Waals surface area contributed by atoms with Gasteiger partial charge in [0.2, 0.25) is 5.91 Å². The fourth-order valence-corrected chi connectivity index (χ4v) is 2.94. The number of carboxylic acids is 1. The minimum atomic E-state index is -0.888. The van der Waals surface area contributed by atoms with E-state index in [0.717, 1.165) is 19.3 Å². The molecular formula is C11H19NO3S. The first-order valence-electron chi connectivity index (χ1n) is 5.69. The second kappa shape index (κ2) is 6.13. The zero-order valence-electron chi connectivity index (χ0n) is 9.81. The van der Waals surface area contributed by atoms with Gasteiger partial charge in [-0.05, 0) is 6.42 Å². The lowest BCUT2D eigenvalue weighted by atomic mass is 10.0. The van der Waals surface area contributed by atoms with Gasteiger partial charge in [0.1, 0.15) is 6.04 Å². The molecule has 0 aromatic carbocycles. The molecule has 0 spiro atoms. The third kappa shape index (κ3) is 3.14. The number of rotatable bonds is 5. The largest absolute Gasteiger partial charge is 0.480 e. The molecule has 1 aliphatic heterocycles. The van der Waals surface area contributed by atoms with Crippen LogP contribution in [0.4, 0.5) is 0 Å². The molecule has 16 heavy (non-hydrogen) atoms. The Morgan fingerprint density at radius 3 is 2.81 bits per heavy atom. The summed E-state index contributed by atoms with van der Waals surface area (Å²) in [6.45, 7) is 3.98. The van der Waals surface area contributed by atoms with Crippen LogP contribution in [-0.2, 0) is 9.59 Å². The van der Waals surface area contributed by atoms with Crippen LogP contribution in [0.3, 0.4) is 0 Å². The molecule has 1 amide bonds. The number of hydrogen-bond donors (Lipinski definition) is 1. The Morgan fingerprint density at radius 2 is 2.25 bits per heavy atom. The lowest BCUT2D eigenvalue weighted by Crippen LogP contribution is -2.44. The van der Waals surface area contributed by atoms with E-state index in [4.69, 9.17) is 5.11 Å².